The summed E-state index contributed by atoms with van der Waals surface area (Å²) in [6.45, 7) is 4.49. The van der Waals surface area contributed by atoms with Gasteiger partial charge in [0.15, 0.2) is 0 Å². The molecule has 0 saturated heterocycles. The average Bonchev–Trinajstić information content (AvgIpc) is 3.05. The Bertz CT molecular complexity index is 1080. The van der Waals surface area contributed by atoms with Gasteiger partial charge in [0.1, 0.15) is 0 Å². The molecule has 1 aliphatic rings. The molecule has 0 atom stereocenters. The second-order valence-electron chi connectivity index (χ2n) is 7.48. The van der Waals surface area contributed by atoms with E-state index in [0.29, 0.717) is 0 Å². The Kier molecular flexibility index (Phi) is 3.55. The van der Waals surface area contributed by atoms with Crippen LogP contribution in [0.1, 0.15) is 33.4 Å². The molecule has 0 spiro atoms. The molecule has 0 radical (unpaired) electrons. The van der Waals surface area contributed by atoms with E-state index in [2.05, 4.69) is 111 Å². The first-order valence-electron chi connectivity index (χ1n) is 9.56. The molecule has 0 aromatic heterocycles. The van der Waals surface area contributed by atoms with Gasteiger partial charge in [0.2, 0.25) is 0 Å². The Morgan fingerprint density at radius 1 is 0.519 bits per heavy atom. The zero-order valence-electron chi connectivity index (χ0n) is 15.7. The summed E-state index contributed by atoms with van der Waals surface area (Å²) >= 11 is 0. The van der Waals surface area contributed by atoms with E-state index in [4.69, 9.17) is 0 Å². The molecular weight excluding hydrogens is 324 g/mol. The van der Waals surface area contributed by atoms with Crippen molar-refractivity contribution in [2.45, 2.75) is 19.3 Å². The monoisotopic (exact) mass is 346 g/mol. The van der Waals surface area contributed by atoms with Crippen LogP contribution in [-0.4, -0.2) is 0 Å². The molecule has 0 heterocycles. The first kappa shape index (κ1) is 16.1. The van der Waals surface area contributed by atoms with Gasteiger partial charge in [-0.15, -0.1) is 0 Å². The number of hydrogen-bond acceptors (Lipinski definition) is 0. The normalized spacial score (nSPS) is 13.9. The predicted molar refractivity (Wildman–Crippen MR) is 113 cm³/mol. The first-order chi connectivity index (χ1) is 13.2. The Morgan fingerprint density at radius 2 is 1.04 bits per heavy atom. The van der Waals surface area contributed by atoms with Crippen molar-refractivity contribution >= 4 is 0 Å². The zero-order valence-corrected chi connectivity index (χ0v) is 15.7. The Hall–Kier alpha value is -3.12. The predicted octanol–water partition coefficient (Wildman–Crippen LogP) is 6.67. The minimum Gasteiger partial charge on any atom is -0.0622 e. The number of rotatable bonds is 2. The molecule has 0 heteroatoms. The van der Waals surface area contributed by atoms with E-state index >= 15 is 0 Å². The van der Waals surface area contributed by atoms with Crippen LogP contribution in [0.15, 0.2) is 97.1 Å². The van der Waals surface area contributed by atoms with Crippen molar-refractivity contribution < 1.29 is 0 Å². The third kappa shape index (κ3) is 2.10. The van der Waals surface area contributed by atoms with Crippen LogP contribution in [0.3, 0.4) is 0 Å². The molecule has 0 bridgehead atoms. The van der Waals surface area contributed by atoms with E-state index in [0.717, 1.165) is 0 Å². The average molecular weight is 346 g/mol. The zero-order chi connectivity index (χ0) is 18.4. The largest absolute Gasteiger partial charge is 0.0716 e. The summed E-state index contributed by atoms with van der Waals surface area (Å²) in [7, 11) is 0. The Morgan fingerprint density at radius 3 is 1.67 bits per heavy atom. The van der Waals surface area contributed by atoms with E-state index in [1.807, 2.05) is 0 Å². The van der Waals surface area contributed by atoms with Crippen LogP contribution >= 0.6 is 0 Å². The molecule has 0 N–H and O–H groups in total. The lowest BCUT2D eigenvalue weighted by atomic mass is 9.66. The fourth-order valence-electron chi connectivity index (χ4n) is 4.95. The van der Waals surface area contributed by atoms with Gasteiger partial charge in [0, 0.05) is 0 Å². The van der Waals surface area contributed by atoms with Gasteiger partial charge >= 0.3 is 0 Å². The van der Waals surface area contributed by atoms with Crippen molar-refractivity contribution in [3.8, 4) is 11.1 Å². The van der Waals surface area contributed by atoms with E-state index in [1.165, 1.54) is 44.5 Å². The molecular formula is C27H22. The Balaban J connectivity index is 2.03. The molecule has 4 aromatic rings. The highest BCUT2D eigenvalue weighted by atomic mass is 14.5. The Labute approximate surface area is 161 Å². The molecule has 0 nitrogen and oxygen atoms in total. The standard InChI is InChI=1S/C27H22/c1-19-17-18-20(2)26-25(19)23-15-9-10-16-24(23)27(26,21-11-5-3-6-12-21)22-13-7-4-8-14-22/h3-18H,1-2H3. The maximum absolute atomic E-state index is 2.31. The SMILES string of the molecule is Cc1ccc(C)c2c1-c1ccccc1C2(c1ccccc1)c1ccccc1. The molecule has 27 heavy (non-hydrogen) atoms. The van der Waals surface area contributed by atoms with Crippen LogP contribution in [-0.2, 0) is 5.41 Å². The molecule has 0 unspecified atom stereocenters. The number of fused-ring (bicyclic) bond motifs is 3. The number of benzene rings is 4. The van der Waals surface area contributed by atoms with Crippen molar-refractivity contribution in [1.82, 2.24) is 0 Å². The van der Waals surface area contributed by atoms with Crippen LogP contribution in [0.5, 0.6) is 0 Å². The highest BCUT2D eigenvalue weighted by Gasteiger charge is 2.47. The lowest BCUT2D eigenvalue weighted by molar-refractivity contribution is 0.761. The highest BCUT2D eigenvalue weighted by Crippen LogP contribution is 2.57. The number of hydrogen-bond donors (Lipinski definition) is 0. The van der Waals surface area contributed by atoms with Gasteiger partial charge in [-0.3, -0.25) is 0 Å². The third-order valence-electron chi connectivity index (χ3n) is 6.01. The van der Waals surface area contributed by atoms with Crippen molar-refractivity contribution in [2.75, 3.05) is 0 Å². The fourth-order valence-corrected chi connectivity index (χ4v) is 4.95. The summed E-state index contributed by atoms with van der Waals surface area (Å²) < 4.78 is 0. The minimum absolute atomic E-state index is 0.273. The smallest absolute Gasteiger partial charge is 0.0622 e. The summed E-state index contributed by atoms with van der Waals surface area (Å²) in [4.78, 5) is 0. The summed E-state index contributed by atoms with van der Waals surface area (Å²) in [6, 6.07) is 35.4. The molecule has 0 saturated carbocycles. The van der Waals surface area contributed by atoms with Crippen molar-refractivity contribution in [1.29, 1.82) is 0 Å². The summed E-state index contributed by atoms with van der Waals surface area (Å²) in [5.41, 5.74) is 10.7. The second-order valence-corrected chi connectivity index (χ2v) is 7.48. The van der Waals surface area contributed by atoms with Crippen LogP contribution in [0.2, 0.25) is 0 Å². The van der Waals surface area contributed by atoms with Crippen LogP contribution in [0, 0.1) is 13.8 Å². The van der Waals surface area contributed by atoms with Gasteiger partial charge in [-0.05, 0) is 58.4 Å². The van der Waals surface area contributed by atoms with Gasteiger partial charge in [0.05, 0.1) is 5.41 Å². The van der Waals surface area contributed by atoms with Crippen LogP contribution < -0.4 is 0 Å². The van der Waals surface area contributed by atoms with Crippen LogP contribution in [0.4, 0.5) is 0 Å². The molecule has 5 rings (SSSR count). The van der Waals surface area contributed by atoms with E-state index in [1.54, 1.807) is 0 Å². The molecule has 4 aromatic carbocycles. The van der Waals surface area contributed by atoms with E-state index in [9.17, 15) is 0 Å². The second kappa shape index (κ2) is 5.96. The summed E-state index contributed by atoms with van der Waals surface area (Å²) in [5, 5.41) is 0. The third-order valence-corrected chi connectivity index (χ3v) is 6.01. The molecule has 130 valence electrons. The summed E-state index contributed by atoms with van der Waals surface area (Å²) in [5.74, 6) is 0. The van der Waals surface area contributed by atoms with Gasteiger partial charge in [0.25, 0.3) is 0 Å². The fraction of sp³-hybridized carbons (Fsp3) is 0.111. The molecule has 0 amide bonds. The van der Waals surface area contributed by atoms with Gasteiger partial charge < -0.3 is 0 Å². The maximum atomic E-state index is 2.31. The lowest BCUT2D eigenvalue weighted by Crippen LogP contribution is -2.29. The maximum Gasteiger partial charge on any atom is 0.0716 e. The van der Waals surface area contributed by atoms with Crippen molar-refractivity contribution in [2.24, 2.45) is 0 Å². The van der Waals surface area contributed by atoms with Crippen molar-refractivity contribution in [3.05, 3.63) is 130 Å². The minimum atomic E-state index is -0.273. The quantitative estimate of drug-likeness (QED) is 0.335. The van der Waals surface area contributed by atoms with Gasteiger partial charge in [-0.2, -0.15) is 0 Å². The molecule has 1 aliphatic carbocycles. The highest BCUT2D eigenvalue weighted by molar-refractivity contribution is 5.89. The van der Waals surface area contributed by atoms with Gasteiger partial charge in [-0.25, -0.2) is 0 Å². The molecule has 0 aliphatic heterocycles. The van der Waals surface area contributed by atoms with Crippen molar-refractivity contribution in [3.63, 3.8) is 0 Å². The lowest BCUT2D eigenvalue weighted by Gasteiger charge is -2.35. The van der Waals surface area contributed by atoms with E-state index < -0.39 is 0 Å². The van der Waals surface area contributed by atoms with Gasteiger partial charge in [-0.1, -0.05) is 97.1 Å². The van der Waals surface area contributed by atoms with E-state index in [-0.39, 0.29) is 5.41 Å². The summed E-state index contributed by atoms with van der Waals surface area (Å²) in [6.07, 6.45) is 0. The molecule has 0 fully saturated rings. The topological polar surface area (TPSA) is 0 Å². The number of aryl methyl sites for hydroxylation is 2. The first-order valence-corrected chi connectivity index (χ1v) is 9.56. The van der Waals surface area contributed by atoms with Crippen LogP contribution in [0.25, 0.3) is 11.1 Å².